The molecule has 0 aliphatic carbocycles. The van der Waals surface area contributed by atoms with Gasteiger partial charge < -0.3 is 14.7 Å². The average molecular weight is 229 g/mol. The van der Waals surface area contributed by atoms with Crippen molar-refractivity contribution in [1.29, 1.82) is 0 Å². The number of hydrogen-bond acceptors (Lipinski definition) is 3. The minimum Gasteiger partial charge on any atom is -0.393 e. The Labute approximate surface area is 97.6 Å². The van der Waals surface area contributed by atoms with Crippen molar-refractivity contribution >= 4 is 5.91 Å². The summed E-state index contributed by atoms with van der Waals surface area (Å²) in [5.41, 5.74) is -0.406. The van der Waals surface area contributed by atoms with Crippen molar-refractivity contribution in [2.24, 2.45) is 5.92 Å². The minimum absolute atomic E-state index is 0.116. The van der Waals surface area contributed by atoms with E-state index < -0.39 is 5.60 Å². The Kier molecular flexibility index (Phi) is 4.33. The number of methoxy groups -OCH3 is 1. The number of likely N-dealkylation sites (tertiary alicyclic amines) is 1. The number of carbonyl (C=O) groups is 1. The second-order valence-corrected chi connectivity index (χ2v) is 5.31. The van der Waals surface area contributed by atoms with E-state index in [9.17, 15) is 9.90 Å². The molecular weight excluding hydrogens is 206 g/mol. The summed E-state index contributed by atoms with van der Waals surface area (Å²) in [5, 5.41) is 9.59. The second kappa shape index (κ2) is 5.15. The quantitative estimate of drug-likeness (QED) is 0.786. The van der Waals surface area contributed by atoms with Crippen molar-refractivity contribution in [3.05, 3.63) is 0 Å². The monoisotopic (exact) mass is 229 g/mol. The molecule has 94 valence electrons. The van der Waals surface area contributed by atoms with Gasteiger partial charge in [-0.05, 0) is 26.2 Å². The van der Waals surface area contributed by atoms with Crippen molar-refractivity contribution in [3.63, 3.8) is 0 Å². The van der Waals surface area contributed by atoms with Crippen LogP contribution in [0.2, 0.25) is 0 Å². The van der Waals surface area contributed by atoms with Crippen LogP contribution in [0, 0.1) is 5.92 Å². The molecule has 0 aromatic rings. The van der Waals surface area contributed by atoms with Crippen LogP contribution in [0.25, 0.3) is 0 Å². The second-order valence-electron chi connectivity index (χ2n) is 5.31. The van der Waals surface area contributed by atoms with Crippen LogP contribution in [-0.2, 0) is 9.53 Å². The van der Waals surface area contributed by atoms with Crippen LogP contribution < -0.4 is 0 Å². The first-order chi connectivity index (χ1) is 7.35. The van der Waals surface area contributed by atoms with Gasteiger partial charge in [0.2, 0.25) is 5.91 Å². The van der Waals surface area contributed by atoms with Gasteiger partial charge in [-0.15, -0.1) is 0 Å². The normalized spacial score (nSPS) is 26.9. The molecule has 0 aromatic heterocycles. The lowest BCUT2D eigenvalue weighted by Crippen LogP contribution is -2.46. The first-order valence-corrected chi connectivity index (χ1v) is 5.87. The molecule has 0 bridgehead atoms. The molecule has 1 amide bonds. The topological polar surface area (TPSA) is 49.8 Å². The molecule has 2 unspecified atom stereocenters. The molecule has 1 aliphatic heterocycles. The standard InChI is InChI=1S/C12H23NO3/c1-9-8-13(6-5-10(9)14)11(15)7-12(2,3)16-4/h9-10,14H,5-8H2,1-4H3. The van der Waals surface area contributed by atoms with E-state index in [0.717, 1.165) is 0 Å². The van der Waals surface area contributed by atoms with E-state index in [-0.39, 0.29) is 17.9 Å². The summed E-state index contributed by atoms with van der Waals surface area (Å²) in [6.45, 7) is 7.11. The highest BCUT2D eigenvalue weighted by Crippen LogP contribution is 2.20. The number of aliphatic hydroxyl groups is 1. The summed E-state index contributed by atoms with van der Waals surface area (Å²) in [6.07, 6.45) is 0.812. The zero-order valence-corrected chi connectivity index (χ0v) is 10.7. The molecule has 4 nitrogen and oxygen atoms in total. The smallest absolute Gasteiger partial charge is 0.225 e. The van der Waals surface area contributed by atoms with Crippen molar-refractivity contribution in [2.75, 3.05) is 20.2 Å². The lowest BCUT2D eigenvalue weighted by molar-refractivity contribution is -0.139. The van der Waals surface area contributed by atoms with Gasteiger partial charge in [0.15, 0.2) is 0 Å². The first-order valence-electron chi connectivity index (χ1n) is 5.87. The Morgan fingerprint density at radius 3 is 2.69 bits per heavy atom. The van der Waals surface area contributed by atoms with Gasteiger partial charge >= 0.3 is 0 Å². The van der Waals surface area contributed by atoms with E-state index in [1.165, 1.54) is 0 Å². The number of rotatable bonds is 3. The van der Waals surface area contributed by atoms with Crippen molar-refractivity contribution in [1.82, 2.24) is 4.90 Å². The molecule has 0 saturated carbocycles. The van der Waals surface area contributed by atoms with Crippen LogP contribution in [-0.4, -0.2) is 47.8 Å². The molecule has 0 radical (unpaired) electrons. The zero-order valence-electron chi connectivity index (χ0n) is 10.7. The van der Waals surface area contributed by atoms with Gasteiger partial charge in [0.1, 0.15) is 0 Å². The summed E-state index contributed by atoms with van der Waals surface area (Å²) in [6, 6.07) is 0. The molecule has 1 heterocycles. The van der Waals surface area contributed by atoms with Crippen molar-refractivity contribution < 1.29 is 14.6 Å². The molecule has 1 N–H and O–H groups in total. The predicted octanol–water partition coefficient (Wildman–Crippen LogP) is 1.03. The third-order valence-electron chi connectivity index (χ3n) is 3.34. The van der Waals surface area contributed by atoms with Crippen LogP contribution in [0.1, 0.15) is 33.6 Å². The lowest BCUT2D eigenvalue weighted by atomic mass is 9.95. The number of carbonyl (C=O) groups excluding carboxylic acids is 1. The highest BCUT2D eigenvalue weighted by Gasteiger charge is 2.30. The highest BCUT2D eigenvalue weighted by molar-refractivity contribution is 5.77. The summed E-state index contributed by atoms with van der Waals surface area (Å²) in [5.74, 6) is 0.286. The molecule has 2 atom stereocenters. The third kappa shape index (κ3) is 3.46. The number of ether oxygens (including phenoxy) is 1. The summed E-state index contributed by atoms with van der Waals surface area (Å²) < 4.78 is 5.25. The van der Waals surface area contributed by atoms with E-state index in [1.807, 2.05) is 25.7 Å². The maximum Gasteiger partial charge on any atom is 0.225 e. The molecule has 1 fully saturated rings. The van der Waals surface area contributed by atoms with Gasteiger partial charge in [0.25, 0.3) is 0 Å². The zero-order chi connectivity index (χ0) is 12.3. The van der Waals surface area contributed by atoms with Crippen LogP contribution in [0.4, 0.5) is 0 Å². The predicted molar refractivity (Wildman–Crippen MR) is 62.1 cm³/mol. The number of nitrogens with zero attached hydrogens (tertiary/aromatic N) is 1. The van der Waals surface area contributed by atoms with E-state index in [4.69, 9.17) is 4.74 Å². The van der Waals surface area contributed by atoms with E-state index in [0.29, 0.717) is 25.9 Å². The first kappa shape index (κ1) is 13.5. The van der Waals surface area contributed by atoms with Gasteiger partial charge in [0, 0.05) is 20.2 Å². The Balaban J connectivity index is 2.49. The summed E-state index contributed by atoms with van der Waals surface area (Å²) in [4.78, 5) is 13.8. The Morgan fingerprint density at radius 1 is 1.56 bits per heavy atom. The van der Waals surface area contributed by atoms with E-state index >= 15 is 0 Å². The minimum atomic E-state index is -0.406. The van der Waals surface area contributed by atoms with Gasteiger partial charge in [-0.25, -0.2) is 0 Å². The molecule has 0 spiro atoms. The molecular formula is C12H23NO3. The summed E-state index contributed by atoms with van der Waals surface area (Å²) in [7, 11) is 1.62. The summed E-state index contributed by atoms with van der Waals surface area (Å²) >= 11 is 0. The molecule has 1 rings (SSSR count). The fourth-order valence-electron chi connectivity index (χ4n) is 1.91. The van der Waals surface area contributed by atoms with Crippen LogP contribution in [0.5, 0.6) is 0 Å². The van der Waals surface area contributed by atoms with Gasteiger partial charge in [0.05, 0.1) is 18.1 Å². The molecule has 1 aliphatic rings. The third-order valence-corrected chi connectivity index (χ3v) is 3.34. The molecule has 16 heavy (non-hydrogen) atoms. The van der Waals surface area contributed by atoms with Crippen LogP contribution in [0.15, 0.2) is 0 Å². The number of hydrogen-bond donors (Lipinski definition) is 1. The Hall–Kier alpha value is -0.610. The molecule has 1 saturated heterocycles. The highest BCUT2D eigenvalue weighted by atomic mass is 16.5. The number of piperidine rings is 1. The van der Waals surface area contributed by atoms with E-state index in [2.05, 4.69) is 0 Å². The largest absolute Gasteiger partial charge is 0.393 e. The van der Waals surface area contributed by atoms with E-state index in [1.54, 1.807) is 7.11 Å². The van der Waals surface area contributed by atoms with Crippen LogP contribution in [0.3, 0.4) is 0 Å². The van der Waals surface area contributed by atoms with Gasteiger partial charge in [-0.1, -0.05) is 6.92 Å². The number of aliphatic hydroxyl groups excluding tert-OH is 1. The Bertz CT molecular complexity index is 253. The average Bonchev–Trinajstić information content (AvgIpc) is 2.21. The fourth-order valence-corrected chi connectivity index (χ4v) is 1.91. The maximum atomic E-state index is 12.0. The SMILES string of the molecule is COC(C)(C)CC(=O)N1CCC(O)C(C)C1. The lowest BCUT2D eigenvalue weighted by Gasteiger charge is -2.36. The number of amides is 1. The van der Waals surface area contributed by atoms with Gasteiger partial charge in [-0.3, -0.25) is 4.79 Å². The molecule has 0 aromatic carbocycles. The van der Waals surface area contributed by atoms with Crippen molar-refractivity contribution in [3.8, 4) is 0 Å². The maximum absolute atomic E-state index is 12.0. The van der Waals surface area contributed by atoms with Crippen molar-refractivity contribution in [2.45, 2.75) is 45.3 Å². The Morgan fingerprint density at radius 2 is 2.19 bits per heavy atom. The fraction of sp³-hybridized carbons (Fsp3) is 0.917. The molecule has 4 heteroatoms. The van der Waals surface area contributed by atoms with Gasteiger partial charge in [-0.2, -0.15) is 0 Å². The van der Waals surface area contributed by atoms with Crippen LogP contribution >= 0.6 is 0 Å².